The van der Waals surface area contributed by atoms with Gasteiger partial charge in [-0.2, -0.15) is 0 Å². The normalized spacial score (nSPS) is 17.0. The number of fused-ring (bicyclic) bond motifs is 4. The van der Waals surface area contributed by atoms with Gasteiger partial charge >= 0.3 is 5.97 Å². The number of methoxy groups -OCH3 is 1. The maximum Gasteiger partial charge on any atom is 0.337 e. The van der Waals surface area contributed by atoms with Gasteiger partial charge in [0.25, 0.3) is 0 Å². The minimum atomic E-state index is -0.340. The van der Waals surface area contributed by atoms with Gasteiger partial charge in [0.1, 0.15) is 5.82 Å². The molecule has 0 bridgehead atoms. The van der Waals surface area contributed by atoms with Crippen LogP contribution in [-0.2, 0) is 23.2 Å². The van der Waals surface area contributed by atoms with Gasteiger partial charge in [-0.1, -0.05) is 51.0 Å². The van der Waals surface area contributed by atoms with E-state index in [1.807, 2.05) is 18.2 Å². The monoisotopic (exact) mass is 506 g/mol. The van der Waals surface area contributed by atoms with Crippen molar-refractivity contribution >= 4 is 34.1 Å². The largest absolute Gasteiger partial charge is 0.465 e. The van der Waals surface area contributed by atoms with Crippen molar-refractivity contribution in [3.63, 3.8) is 0 Å². The van der Waals surface area contributed by atoms with E-state index in [1.54, 1.807) is 0 Å². The fraction of sp³-hybridized carbons (Fsp3) is 0.375. The van der Waals surface area contributed by atoms with Gasteiger partial charge in [0.2, 0.25) is 0 Å². The molecule has 1 fully saturated rings. The number of carbonyl (C=O) groups excluding carboxylic acids is 1. The van der Waals surface area contributed by atoms with Crippen molar-refractivity contribution in [2.24, 2.45) is 5.92 Å². The number of rotatable bonds is 4. The lowest BCUT2D eigenvalue weighted by Crippen LogP contribution is -2.31. The van der Waals surface area contributed by atoms with E-state index < -0.39 is 0 Å². The van der Waals surface area contributed by atoms with E-state index in [2.05, 4.69) is 65.0 Å². The van der Waals surface area contributed by atoms with Gasteiger partial charge in [0.15, 0.2) is 0 Å². The van der Waals surface area contributed by atoms with Crippen LogP contribution in [0.3, 0.4) is 0 Å². The molecular formula is C32H34N4O2. The molecule has 6 nitrogen and oxygen atoms in total. The van der Waals surface area contributed by atoms with Gasteiger partial charge in [-0.05, 0) is 61.1 Å². The van der Waals surface area contributed by atoms with Crippen molar-refractivity contribution in [2.45, 2.75) is 58.0 Å². The minimum Gasteiger partial charge on any atom is -0.465 e. The summed E-state index contributed by atoms with van der Waals surface area (Å²) in [4.78, 5) is 20.0. The average molecular weight is 507 g/mol. The topological polar surface area (TPSA) is 59.4 Å². The third-order valence-electron chi connectivity index (χ3n) is 8.60. The Labute approximate surface area is 223 Å². The molecule has 4 aromatic rings. The number of para-hydroxylation sites is 2. The molecule has 38 heavy (non-hydrogen) atoms. The SMILES string of the molecule is COC(=O)c1ccc2c(c1)nc(-c1cccc3c1N1CCc4cccc(c41)C1(CCCC1)N3)n2CC(C)C. The van der Waals surface area contributed by atoms with Crippen LogP contribution in [0.25, 0.3) is 22.4 Å². The van der Waals surface area contributed by atoms with Crippen LogP contribution in [0.5, 0.6) is 0 Å². The molecule has 1 aliphatic carbocycles. The van der Waals surface area contributed by atoms with E-state index in [-0.39, 0.29) is 11.5 Å². The molecule has 6 heteroatoms. The van der Waals surface area contributed by atoms with Crippen LogP contribution >= 0.6 is 0 Å². The van der Waals surface area contributed by atoms with Crippen molar-refractivity contribution < 1.29 is 9.53 Å². The highest BCUT2D eigenvalue weighted by Gasteiger charge is 2.44. The third kappa shape index (κ3) is 3.39. The van der Waals surface area contributed by atoms with Crippen LogP contribution in [0.4, 0.5) is 17.1 Å². The quantitative estimate of drug-likeness (QED) is 0.301. The Morgan fingerprint density at radius 1 is 1.08 bits per heavy atom. The average Bonchev–Trinajstić information content (AvgIpc) is 3.63. The minimum absolute atomic E-state index is 0.0225. The molecule has 0 atom stereocenters. The number of hydrogen-bond donors (Lipinski definition) is 1. The van der Waals surface area contributed by atoms with E-state index in [0.29, 0.717) is 11.5 Å². The molecule has 0 unspecified atom stereocenters. The van der Waals surface area contributed by atoms with Crippen molar-refractivity contribution in [1.29, 1.82) is 0 Å². The fourth-order valence-corrected chi connectivity index (χ4v) is 7.01. The molecule has 0 amide bonds. The highest BCUT2D eigenvalue weighted by atomic mass is 16.5. The van der Waals surface area contributed by atoms with E-state index in [1.165, 1.54) is 48.1 Å². The van der Waals surface area contributed by atoms with E-state index in [0.717, 1.165) is 54.8 Å². The van der Waals surface area contributed by atoms with Crippen molar-refractivity contribution in [3.8, 4) is 11.4 Å². The van der Waals surface area contributed by atoms with Crippen molar-refractivity contribution in [1.82, 2.24) is 9.55 Å². The number of aromatic nitrogens is 2. The van der Waals surface area contributed by atoms with Crippen molar-refractivity contribution in [2.75, 3.05) is 23.9 Å². The highest BCUT2D eigenvalue weighted by molar-refractivity contribution is 5.97. The zero-order chi connectivity index (χ0) is 26.0. The zero-order valence-electron chi connectivity index (χ0n) is 22.4. The molecule has 3 aliphatic rings. The first kappa shape index (κ1) is 23.3. The summed E-state index contributed by atoms with van der Waals surface area (Å²) in [5.74, 6) is 1.04. The number of imidazole rings is 1. The Bertz CT molecular complexity index is 1580. The number of carbonyl (C=O) groups is 1. The van der Waals surface area contributed by atoms with E-state index in [4.69, 9.17) is 9.72 Å². The van der Waals surface area contributed by atoms with Crippen LogP contribution in [0.1, 0.15) is 61.0 Å². The van der Waals surface area contributed by atoms with Gasteiger partial charge in [0, 0.05) is 24.2 Å². The third-order valence-corrected chi connectivity index (χ3v) is 8.60. The standard InChI is InChI=1S/C32H34N4O2/c1-20(2)19-36-27-13-12-22(31(37)38-3)18-26(27)33-30(36)23-9-7-11-25-29(23)35-17-14-21-8-6-10-24(28(21)35)32(34-25)15-4-5-16-32/h6-13,18,20,34H,4-5,14-17,19H2,1-3H3. The predicted octanol–water partition coefficient (Wildman–Crippen LogP) is 7.03. The first-order chi connectivity index (χ1) is 18.5. The van der Waals surface area contributed by atoms with Gasteiger partial charge in [0.05, 0.1) is 46.3 Å². The number of hydrogen-bond acceptors (Lipinski definition) is 5. The Kier molecular flexibility index (Phi) is 5.29. The second-order valence-corrected chi connectivity index (χ2v) is 11.5. The first-order valence-electron chi connectivity index (χ1n) is 13.9. The Morgan fingerprint density at radius 3 is 2.68 bits per heavy atom. The summed E-state index contributed by atoms with van der Waals surface area (Å²) in [6.07, 6.45) is 5.86. The first-order valence-corrected chi connectivity index (χ1v) is 13.9. The van der Waals surface area contributed by atoms with E-state index in [9.17, 15) is 4.79 Å². The van der Waals surface area contributed by atoms with Crippen LogP contribution in [-0.4, -0.2) is 29.2 Å². The summed E-state index contributed by atoms with van der Waals surface area (Å²) >= 11 is 0. The number of anilines is 3. The smallest absolute Gasteiger partial charge is 0.337 e. The summed E-state index contributed by atoms with van der Waals surface area (Å²) in [5, 5.41) is 4.08. The van der Waals surface area contributed by atoms with Crippen molar-refractivity contribution in [3.05, 3.63) is 71.3 Å². The number of ether oxygens (including phenoxy) is 1. The molecule has 194 valence electrons. The Morgan fingerprint density at radius 2 is 1.89 bits per heavy atom. The highest BCUT2D eigenvalue weighted by Crippen LogP contribution is 2.55. The zero-order valence-corrected chi connectivity index (χ0v) is 22.4. The van der Waals surface area contributed by atoms with Crippen LogP contribution < -0.4 is 10.2 Å². The van der Waals surface area contributed by atoms with E-state index >= 15 is 0 Å². The summed E-state index contributed by atoms with van der Waals surface area (Å²) in [6.45, 7) is 6.27. The molecule has 1 aromatic heterocycles. The summed E-state index contributed by atoms with van der Waals surface area (Å²) in [5.41, 5.74) is 10.2. The number of nitrogens with one attached hydrogen (secondary N) is 1. The second kappa shape index (κ2) is 8.62. The van der Waals surface area contributed by atoms with Gasteiger partial charge < -0.3 is 19.5 Å². The molecule has 3 aromatic carbocycles. The Balaban J connectivity index is 1.48. The predicted molar refractivity (Wildman–Crippen MR) is 152 cm³/mol. The second-order valence-electron chi connectivity index (χ2n) is 11.5. The molecular weight excluding hydrogens is 472 g/mol. The molecule has 1 spiro atoms. The van der Waals surface area contributed by atoms with Crippen LogP contribution in [0.15, 0.2) is 54.6 Å². The molecule has 7 rings (SSSR count). The molecule has 1 saturated carbocycles. The number of nitrogens with zero attached hydrogens (tertiary/aromatic N) is 3. The van der Waals surface area contributed by atoms with Crippen LogP contribution in [0.2, 0.25) is 0 Å². The molecule has 1 N–H and O–H groups in total. The lowest BCUT2D eigenvalue weighted by molar-refractivity contribution is 0.0601. The molecule has 3 heterocycles. The lowest BCUT2D eigenvalue weighted by Gasteiger charge is -2.32. The van der Waals surface area contributed by atoms with Crippen LogP contribution in [0, 0.1) is 5.92 Å². The molecule has 0 radical (unpaired) electrons. The molecule has 2 aliphatic heterocycles. The lowest BCUT2D eigenvalue weighted by atomic mass is 9.86. The van der Waals surface area contributed by atoms with Gasteiger partial charge in [-0.25, -0.2) is 9.78 Å². The van der Waals surface area contributed by atoms with Gasteiger partial charge in [-0.15, -0.1) is 0 Å². The summed E-state index contributed by atoms with van der Waals surface area (Å²) < 4.78 is 7.31. The maximum atomic E-state index is 12.3. The summed E-state index contributed by atoms with van der Waals surface area (Å²) in [7, 11) is 1.42. The molecule has 0 saturated heterocycles. The number of esters is 1. The maximum absolute atomic E-state index is 12.3. The van der Waals surface area contributed by atoms with Gasteiger partial charge in [-0.3, -0.25) is 0 Å². The number of benzene rings is 3. The summed E-state index contributed by atoms with van der Waals surface area (Å²) in [6, 6.07) is 19.2. The fourth-order valence-electron chi connectivity index (χ4n) is 7.01. The Hall–Kier alpha value is -3.80.